The van der Waals surface area contributed by atoms with E-state index < -0.39 is 29.0 Å². The van der Waals surface area contributed by atoms with Gasteiger partial charge >= 0.3 is 0 Å². The molecule has 0 bridgehead atoms. The van der Waals surface area contributed by atoms with Crippen LogP contribution in [0.2, 0.25) is 0 Å². The summed E-state index contributed by atoms with van der Waals surface area (Å²) in [5, 5.41) is 2.20. The van der Waals surface area contributed by atoms with Crippen LogP contribution < -0.4 is 10.2 Å². The lowest BCUT2D eigenvalue weighted by Crippen LogP contribution is -2.19. The average Bonchev–Trinajstić information content (AvgIpc) is 2.68. The lowest BCUT2D eigenvalue weighted by Gasteiger charge is -2.18. The fraction of sp³-hybridized carbons (Fsp3) is 0.105. The number of aromatic nitrogens is 2. The topological polar surface area (TPSA) is 58.1 Å². The van der Waals surface area contributed by atoms with Gasteiger partial charge in [0.2, 0.25) is 5.95 Å². The van der Waals surface area contributed by atoms with Crippen molar-refractivity contribution >= 4 is 23.2 Å². The van der Waals surface area contributed by atoms with Crippen LogP contribution in [0.3, 0.4) is 0 Å². The van der Waals surface area contributed by atoms with Crippen molar-refractivity contribution < 1.29 is 18.0 Å². The highest BCUT2D eigenvalue weighted by molar-refractivity contribution is 6.03. The molecular weight excluding hydrogens is 357 g/mol. The van der Waals surface area contributed by atoms with E-state index in [2.05, 4.69) is 15.3 Å². The molecular formula is C19H15F3N4O. The quantitative estimate of drug-likeness (QED) is 0.697. The SMILES string of the molecule is Cc1cc(C(=O)Nc2ccc(F)c(F)c2F)nc(N(C)c2ccccc2)n1. The molecule has 2 aromatic carbocycles. The summed E-state index contributed by atoms with van der Waals surface area (Å²) in [6.07, 6.45) is 0. The maximum Gasteiger partial charge on any atom is 0.274 e. The number of carbonyl (C=O) groups excluding carboxylic acids is 1. The fourth-order valence-corrected chi connectivity index (χ4v) is 2.40. The van der Waals surface area contributed by atoms with Crippen LogP contribution >= 0.6 is 0 Å². The lowest BCUT2D eigenvalue weighted by atomic mass is 10.2. The minimum absolute atomic E-state index is 0.0376. The third-order valence-electron chi connectivity index (χ3n) is 3.80. The molecule has 3 rings (SSSR count). The molecule has 27 heavy (non-hydrogen) atoms. The van der Waals surface area contributed by atoms with Gasteiger partial charge in [-0.3, -0.25) is 4.79 Å². The van der Waals surface area contributed by atoms with Crippen LogP contribution in [-0.4, -0.2) is 22.9 Å². The number of carbonyl (C=O) groups is 1. The first-order valence-electron chi connectivity index (χ1n) is 7.96. The highest BCUT2D eigenvalue weighted by Gasteiger charge is 2.18. The summed E-state index contributed by atoms with van der Waals surface area (Å²) in [4.78, 5) is 22.6. The van der Waals surface area contributed by atoms with E-state index in [4.69, 9.17) is 0 Å². The Kier molecular flexibility index (Phi) is 5.07. The van der Waals surface area contributed by atoms with E-state index in [1.165, 1.54) is 6.07 Å². The highest BCUT2D eigenvalue weighted by Crippen LogP contribution is 2.22. The fourth-order valence-electron chi connectivity index (χ4n) is 2.40. The average molecular weight is 372 g/mol. The summed E-state index contributed by atoms with van der Waals surface area (Å²) in [5.41, 5.74) is 0.803. The number of nitrogens with zero attached hydrogens (tertiary/aromatic N) is 3. The van der Waals surface area contributed by atoms with Gasteiger partial charge in [0.05, 0.1) is 5.69 Å². The van der Waals surface area contributed by atoms with Crippen molar-refractivity contribution in [3.05, 3.63) is 77.4 Å². The number of nitrogens with one attached hydrogen (secondary N) is 1. The molecule has 3 aromatic rings. The van der Waals surface area contributed by atoms with Crippen LogP contribution in [0.1, 0.15) is 16.2 Å². The molecule has 0 saturated heterocycles. The molecule has 0 spiro atoms. The van der Waals surface area contributed by atoms with Gasteiger partial charge in [0.25, 0.3) is 5.91 Å². The van der Waals surface area contributed by atoms with E-state index in [0.29, 0.717) is 5.69 Å². The van der Waals surface area contributed by atoms with Gasteiger partial charge in [-0.05, 0) is 37.3 Å². The second kappa shape index (κ2) is 7.45. The number of benzene rings is 2. The lowest BCUT2D eigenvalue weighted by molar-refractivity contribution is 0.102. The summed E-state index contributed by atoms with van der Waals surface area (Å²) in [7, 11) is 1.74. The van der Waals surface area contributed by atoms with Crippen molar-refractivity contribution in [2.75, 3.05) is 17.3 Å². The molecule has 5 nitrogen and oxygen atoms in total. The number of halogens is 3. The van der Waals surface area contributed by atoms with Crippen molar-refractivity contribution in [1.82, 2.24) is 9.97 Å². The summed E-state index contributed by atoms with van der Waals surface area (Å²) >= 11 is 0. The van der Waals surface area contributed by atoms with Crippen LogP contribution in [0.25, 0.3) is 0 Å². The van der Waals surface area contributed by atoms with Crippen molar-refractivity contribution in [2.24, 2.45) is 0 Å². The smallest absolute Gasteiger partial charge is 0.274 e. The summed E-state index contributed by atoms with van der Waals surface area (Å²) in [6.45, 7) is 1.68. The predicted octanol–water partition coefficient (Wildman–Crippen LogP) is 4.22. The van der Waals surface area contributed by atoms with E-state index in [1.807, 2.05) is 30.3 Å². The van der Waals surface area contributed by atoms with Crippen LogP contribution in [0, 0.1) is 24.4 Å². The van der Waals surface area contributed by atoms with Gasteiger partial charge in [-0.25, -0.2) is 23.1 Å². The van der Waals surface area contributed by atoms with Gasteiger partial charge in [0, 0.05) is 18.4 Å². The molecule has 0 saturated carbocycles. The normalized spacial score (nSPS) is 10.6. The van der Waals surface area contributed by atoms with Crippen molar-refractivity contribution in [1.29, 1.82) is 0 Å². The molecule has 0 radical (unpaired) electrons. The van der Waals surface area contributed by atoms with Gasteiger partial charge in [-0.1, -0.05) is 18.2 Å². The Balaban J connectivity index is 1.90. The van der Waals surface area contributed by atoms with Crippen molar-refractivity contribution in [3.8, 4) is 0 Å². The Morgan fingerprint density at radius 1 is 1.00 bits per heavy atom. The zero-order valence-corrected chi connectivity index (χ0v) is 14.5. The minimum atomic E-state index is -1.66. The maximum absolute atomic E-state index is 13.8. The van der Waals surface area contributed by atoms with Crippen LogP contribution in [0.5, 0.6) is 0 Å². The monoisotopic (exact) mass is 372 g/mol. The third kappa shape index (κ3) is 3.89. The number of hydrogen-bond acceptors (Lipinski definition) is 4. The first-order chi connectivity index (χ1) is 12.9. The van der Waals surface area contributed by atoms with Crippen molar-refractivity contribution in [3.63, 3.8) is 0 Å². The molecule has 0 aliphatic rings. The van der Waals surface area contributed by atoms with Gasteiger partial charge in [0.15, 0.2) is 17.5 Å². The van der Waals surface area contributed by atoms with E-state index >= 15 is 0 Å². The number of anilines is 3. The highest BCUT2D eigenvalue weighted by atomic mass is 19.2. The van der Waals surface area contributed by atoms with E-state index in [-0.39, 0.29) is 11.6 Å². The molecule has 0 atom stereocenters. The maximum atomic E-state index is 13.8. The number of para-hydroxylation sites is 1. The predicted molar refractivity (Wildman–Crippen MR) is 95.5 cm³/mol. The molecule has 0 fully saturated rings. The van der Waals surface area contributed by atoms with Gasteiger partial charge in [-0.2, -0.15) is 0 Å². The molecule has 0 aliphatic carbocycles. The van der Waals surface area contributed by atoms with Gasteiger partial charge < -0.3 is 10.2 Å². The van der Waals surface area contributed by atoms with E-state index in [9.17, 15) is 18.0 Å². The van der Waals surface area contributed by atoms with Gasteiger partial charge in [0.1, 0.15) is 5.69 Å². The largest absolute Gasteiger partial charge is 0.318 e. The number of rotatable bonds is 4. The Morgan fingerprint density at radius 3 is 2.41 bits per heavy atom. The molecule has 0 aliphatic heterocycles. The first kappa shape index (κ1) is 18.4. The first-order valence-corrected chi connectivity index (χ1v) is 7.96. The Hall–Kier alpha value is -3.42. The second-order valence-electron chi connectivity index (χ2n) is 5.77. The Morgan fingerprint density at radius 2 is 1.70 bits per heavy atom. The van der Waals surface area contributed by atoms with Crippen LogP contribution in [0.15, 0.2) is 48.5 Å². The number of amides is 1. The van der Waals surface area contributed by atoms with E-state index in [1.54, 1.807) is 18.9 Å². The zero-order chi connectivity index (χ0) is 19.6. The van der Waals surface area contributed by atoms with Crippen LogP contribution in [-0.2, 0) is 0 Å². The Labute approximate surface area is 153 Å². The summed E-state index contributed by atoms with van der Waals surface area (Å²) in [5.74, 6) is -4.98. The molecule has 1 heterocycles. The number of aryl methyl sites for hydroxylation is 1. The summed E-state index contributed by atoms with van der Waals surface area (Å²) in [6, 6.07) is 12.3. The molecule has 1 aromatic heterocycles. The van der Waals surface area contributed by atoms with Crippen molar-refractivity contribution in [2.45, 2.75) is 6.92 Å². The molecule has 8 heteroatoms. The van der Waals surface area contributed by atoms with Gasteiger partial charge in [-0.15, -0.1) is 0 Å². The second-order valence-corrected chi connectivity index (χ2v) is 5.77. The Bertz CT molecular complexity index is 996. The van der Waals surface area contributed by atoms with E-state index in [0.717, 1.165) is 17.8 Å². The standard InChI is InChI=1S/C19H15F3N4O/c1-11-10-15(18(27)24-14-9-8-13(20)16(21)17(14)22)25-19(23-11)26(2)12-6-4-3-5-7-12/h3-10H,1-2H3,(H,24,27). The molecule has 1 amide bonds. The number of hydrogen-bond donors (Lipinski definition) is 1. The molecule has 1 N–H and O–H groups in total. The third-order valence-corrected chi connectivity index (χ3v) is 3.80. The minimum Gasteiger partial charge on any atom is -0.318 e. The zero-order valence-electron chi connectivity index (χ0n) is 14.5. The van der Waals surface area contributed by atoms with Crippen LogP contribution in [0.4, 0.5) is 30.5 Å². The summed E-state index contributed by atoms with van der Waals surface area (Å²) < 4.78 is 40.1. The molecule has 138 valence electrons. The molecule has 0 unspecified atom stereocenters.